The van der Waals surface area contributed by atoms with Gasteiger partial charge in [0.1, 0.15) is 0 Å². The zero-order chi connectivity index (χ0) is 22.5. The topological polar surface area (TPSA) is 64.2 Å². The number of likely N-dealkylation sites (tertiary alicyclic amines) is 1. The molecule has 1 spiro atoms. The Bertz CT molecular complexity index is 883. The fourth-order valence-corrected chi connectivity index (χ4v) is 5.50. The van der Waals surface area contributed by atoms with Crippen LogP contribution in [0.25, 0.3) is 0 Å². The number of amides is 3. The van der Waals surface area contributed by atoms with Crippen LogP contribution in [0, 0.1) is 5.92 Å². The van der Waals surface area contributed by atoms with Crippen molar-refractivity contribution in [1.29, 1.82) is 0 Å². The molecule has 0 aliphatic carbocycles. The van der Waals surface area contributed by atoms with Crippen molar-refractivity contribution in [2.45, 2.75) is 45.2 Å². The molecule has 0 N–H and O–H groups in total. The van der Waals surface area contributed by atoms with Crippen LogP contribution in [0.2, 0.25) is 0 Å². The number of nitrogens with zero attached hydrogens (tertiary/aromatic N) is 4. The molecule has 1 atom stereocenters. The molecule has 0 bridgehead atoms. The Hall–Kier alpha value is -2.41. The SMILES string of the molecule is CC(C)C(=O)N1CC2(C1)C(C(=O)N1CCN(C)CC1)c1ccccc1C(=O)N2C(C)C. The second-order valence-electron chi connectivity index (χ2n) is 9.87. The predicted molar refractivity (Wildman–Crippen MR) is 119 cm³/mol. The second-order valence-corrected chi connectivity index (χ2v) is 9.87. The van der Waals surface area contributed by atoms with Crippen LogP contribution in [0.4, 0.5) is 0 Å². The third-order valence-electron chi connectivity index (χ3n) is 7.05. The Balaban J connectivity index is 1.78. The molecule has 3 aliphatic rings. The molecule has 0 radical (unpaired) electrons. The highest BCUT2D eigenvalue weighted by atomic mass is 16.2. The van der Waals surface area contributed by atoms with E-state index in [9.17, 15) is 14.4 Å². The minimum Gasteiger partial charge on any atom is -0.340 e. The van der Waals surface area contributed by atoms with Gasteiger partial charge in [-0.1, -0.05) is 32.0 Å². The highest BCUT2D eigenvalue weighted by Crippen LogP contribution is 2.48. The average molecular weight is 427 g/mol. The average Bonchev–Trinajstić information content (AvgIpc) is 2.71. The predicted octanol–water partition coefficient (Wildman–Crippen LogP) is 1.65. The van der Waals surface area contributed by atoms with Crippen molar-refractivity contribution in [3.63, 3.8) is 0 Å². The van der Waals surface area contributed by atoms with E-state index in [4.69, 9.17) is 0 Å². The zero-order valence-corrected chi connectivity index (χ0v) is 19.3. The monoisotopic (exact) mass is 426 g/mol. The van der Waals surface area contributed by atoms with Gasteiger partial charge in [-0.25, -0.2) is 0 Å². The number of benzene rings is 1. The fraction of sp³-hybridized carbons (Fsp3) is 0.625. The van der Waals surface area contributed by atoms with Gasteiger partial charge in [-0.15, -0.1) is 0 Å². The summed E-state index contributed by atoms with van der Waals surface area (Å²) in [7, 11) is 2.07. The van der Waals surface area contributed by atoms with Gasteiger partial charge in [0.2, 0.25) is 11.8 Å². The summed E-state index contributed by atoms with van der Waals surface area (Å²) in [4.78, 5) is 48.1. The van der Waals surface area contributed by atoms with Gasteiger partial charge in [-0.05, 0) is 32.5 Å². The summed E-state index contributed by atoms with van der Waals surface area (Å²) in [5.74, 6) is -0.446. The number of carbonyl (C=O) groups excluding carboxylic acids is 3. The molecule has 2 saturated heterocycles. The van der Waals surface area contributed by atoms with Crippen molar-refractivity contribution in [2.24, 2.45) is 5.92 Å². The standard InChI is InChI=1S/C24H34N4O3/c1-16(2)21(29)27-14-24(15-27)20(23(31)26-12-10-25(5)11-13-26)18-8-6-7-9-19(18)22(30)28(24)17(3)4/h6-9,16-17,20H,10-15H2,1-5H3. The van der Waals surface area contributed by atoms with Crippen molar-refractivity contribution >= 4 is 17.7 Å². The number of likely N-dealkylation sites (N-methyl/N-ethyl adjacent to an activating group) is 1. The highest BCUT2D eigenvalue weighted by Gasteiger charge is 2.62. The lowest BCUT2D eigenvalue weighted by molar-refractivity contribution is -0.159. The van der Waals surface area contributed by atoms with E-state index in [0.29, 0.717) is 31.7 Å². The molecule has 4 rings (SSSR count). The quantitative estimate of drug-likeness (QED) is 0.737. The summed E-state index contributed by atoms with van der Waals surface area (Å²) in [5, 5.41) is 0. The molecule has 0 aromatic heterocycles. The molecular formula is C24H34N4O3. The van der Waals surface area contributed by atoms with E-state index in [2.05, 4.69) is 11.9 Å². The van der Waals surface area contributed by atoms with E-state index in [1.807, 2.05) is 66.7 Å². The van der Waals surface area contributed by atoms with Crippen molar-refractivity contribution in [3.05, 3.63) is 35.4 Å². The number of carbonyl (C=O) groups is 3. The number of fused-ring (bicyclic) bond motifs is 1. The van der Waals surface area contributed by atoms with Gasteiger partial charge in [-0.2, -0.15) is 0 Å². The van der Waals surface area contributed by atoms with E-state index in [-0.39, 0.29) is 29.7 Å². The largest absolute Gasteiger partial charge is 0.340 e. The van der Waals surface area contributed by atoms with Crippen molar-refractivity contribution in [2.75, 3.05) is 46.3 Å². The summed E-state index contributed by atoms with van der Waals surface area (Å²) in [6, 6.07) is 7.46. The maximum atomic E-state index is 14.0. The lowest BCUT2D eigenvalue weighted by Crippen LogP contribution is -2.79. The molecule has 3 heterocycles. The molecule has 3 aliphatic heterocycles. The molecule has 1 unspecified atom stereocenters. The lowest BCUT2D eigenvalue weighted by atomic mass is 9.66. The van der Waals surface area contributed by atoms with Gasteiger partial charge in [0.25, 0.3) is 5.91 Å². The summed E-state index contributed by atoms with van der Waals surface area (Å²) in [5.41, 5.74) is 0.734. The number of rotatable bonds is 3. The van der Waals surface area contributed by atoms with Crippen molar-refractivity contribution in [3.8, 4) is 0 Å². The van der Waals surface area contributed by atoms with Gasteiger partial charge >= 0.3 is 0 Å². The van der Waals surface area contributed by atoms with Gasteiger partial charge in [0.15, 0.2) is 0 Å². The van der Waals surface area contributed by atoms with E-state index in [1.165, 1.54) is 0 Å². The van der Waals surface area contributed by atoms with Crippen LogP contribution in [0.15, 0.2) is 24.3 Å². The molecule has 7 heteroatoms. The molecule has 3 amide bonds. The van der Waals surface area contributed by atoms with Crippen LogP contribution >= 0.6 is 0 Å². The molecule has 31 heavy (non-hydrogen) atoms. The Labute approximate surface area is 185 Å². The van der Waals surface area contributed by atoms with Crippen LogP contribution in [0.5, 0.6) is 0 Å². The first kappa shape index (κ1) is 21.8. The van der Waals surface area contributed by atoms with Gasteiger partial charge in [0, 0.05) is 56.8 Å². The Kier molecular flexibility index (Phi) is 5.58. The number of hydrogen-bond donors (Lipinski definition) is 0. The van der Waals surface area contributed by atoms with E-state index < -0.39 is 11.5 Å². The molecule has 7 nitrogen and oxygen atoms in total. The molecule has 0 saturated carbocycles. The van der Waals surface area contributed by atoms with Gasteiger partial charge in [-0.3, -0.25) is 14.4 Å². The van der Waals surface area contributed by atoms with E-state index >= 15 is 0 Å². The first-order chi connectivity index (χ1) is 14.7. The number of piperazine rings is 1. The van der Waals surface area contributed by atoms with Crippen LogP contribution in [-0.2, 0) is 9.59 Å². The van der Waals surface area contributed by atoms with Crippen LogP contribution in [0.3, 0.4) is 0 Å². The minimum absolute atomic E-state index is 0.0373. The van der Waals surface area contributed by atoms with E-state index in [0.717, 1.165) is 18.7 Å². The second kappa shape index (κ2) is 7.93. The summed E-state index contributed by atoms with van der Waals surface area (Å²) in [6.45, 7) is 11.7. The zero-order valence-electron chi connectivity index (χ0n) is 19.3. The smallest absolute Gasteiger partial charge is 0.255 e. The Morgan fingerprint density at radius 1 is 0.968 bits per heavy atom. The first-order valence-electron chi connectivity index (χ1n) is 11.4. The molecule has 1 aromatic rings. The third kappa shape index (κ3) is 3.43. The summed E-state index contributed by atoms with van der Waals surface area (Å²) >= 11 is 0. The molecule has 168 valence electrons. The number of hydrogen-bond acceptors (Lipinski definition) is 4. The van der Waals surface area contributed by atoms with Crippen molar-refractivity contribution in [1.82, 2.24) is 19.6 Å². The minimum atomic E-state index is -0.690. The fourth-order valence-electron chi connectivity index (χ4n) is 5.50. The van der Waals surface area contributed by atoms with Crippen molar-refractivity contribution < 1.29 is 14.4 Å². The van der Waals surface area contributed by atoms with Gasteiger partial charge in [0.05, 0.1) is 11.5 Å². The van der Waals surface area contributed by atoms with Crippen LogP contribution < -0.4 is 0 Å². The van der Waals surface area contributed by atoms with Gasteiger partial charge < -0.3 is 19.6 Å². The highest BCUT2D eigenvalue weighted by molar-refractivity contribution is 6.03. The third-order valence-corrected chi connectivity index (χ3v) is 7.05. The van der Waals surface area contributed by atoms with Crippen LogP contribution in [-0.4, -0.2) is 95.2 Å². The lowest BCUT2D eigenvalue weighted by Gasteiger charge is -2.62. The molecule has 2 fully saturated rings. The first-order valence-corrected chi connectivity index (χ1v) is 11.4. The summed E-state index contributed by atoms with van der Waals surface area (Å²) in [6.07, 6.45) is 0. The molecule has 1 aromatic carbocycles. The maximum absolute atomic E-state index is 14.0. The Morgan fingerprint density at radius 2 is 1.58 bits per heavy atom. The van der Waals surface area contributed by atoms with Crippen LogP contribution in [0.1, 0.15) is 49.5 Å². The summed E-state index contributed by atoms with van der Waals surface area (Å²) < 4.78 is 0. The Morgan fingerprint density at radius 3 is 2.16 bits per heavy atom. The van der Waals surface area contributed by atoms with E-state index in [1.54, 1.807) is 0 Å². The normalized spacial score (nSPS) is 23.4. The maximum Gasteiger partial charge on any atom is 0.255 e. The molecular weight excluding hydrogens is 392 g/mol.